The van der Waals surface area contributed by atoms with Gasteiger partial charge in [-0.1, -0.05) is 84.9 Å². The van der Waals surface area contributed by atoms with E-state index in [4.69, 9.17) is 21.0 Å². The molecule has 5 aromatic carbocycles. The Kier molecular flexibility index (Phi) is 4.81. The summed E-state index contributed by atoms with van der Waals surface area (Å²) in [6.07, 6.45) is 0. The third kappa shape index (κ3) is 3.44. The molecule has 6 heteroatoms. The summed E-state index contributed by atoms with van der Waals surface area (Å²) in [5.41, 5.74) is 6.66. The predicted octanol–water partition coefficient (Wildman–Crippen LogP) is 8.86. The van der Waals surface area contributed by atoms with Crippen molar-refractivity contribution in [2.75, 3.05) is 0 Å². The van der Waals surface area contributed by atoms with Crippen LogP contribution in [0, 0.1) is 0 Å². The van der Waals surface area contributed by atoms with Crippen LogP contribution in [0.5, 0.6) is 0 Å². The maximum Gasteiger partial charge on any atom is 0.239 e. The van der Waals surface area contributed by atoms with Gasteiger partial charge in [0, 0.05) is 27.1 Å². The second-order valence-corrected chi connectivity index (χ2v) is 9.79. The molecule has 0 spiro atoms. The zero-order valence-corrected chi connectivity index (χ0v) is 21.3. The van der Waals surface area contributed by atoms with Gasteiger partial charge in [-0.3, -0.25) is 4.57 Å². The fourth-order valence-electron chi connectivity index (χ4n) is 5.52. The Morgan fingerprint density at radius 3 is 1.92 bits per heavy atom. The lowest BCUT2D eigenvalue weighted by Crippen LogP contribution is -2.05. The molecule has 3 aromatic heterocycles. The van der Waals surface area contributed by atoms with Gasteiger partial charge in [0.1, 0.15) is 11.2 Å². The SMILES string of the molecule is Clc1nc(-c2ccccc2-c2ccc3oc4ccccc4c3c2)nc(-n2c3ccccc3c3ccccc32)n1. The van der Waals surface area contributed by atoms with E-state index in [-0.39, 0.29) is 5.28 Å². The first kappa shape index (κ1) is 22.0. The van der Waals surface area contributed by atoms with Crippen LogP contribution in [0.4, 0.5) is 0 Å². The van der Waals surface area contributed by atoms with Crippen LogP contribution in [0.25, 0.3) is 72.2 Å². The van der Waals surface area contributed by atoms with Gasteiger partial charge in [0.2, 0.25) is 11.2 Å². The summed E-state index contributed by atoms with van der Waals surface area (Å²) in [6.45, 7) is 0. The van der Waals surface area contributed by atoms with Crippen molar-refractivity contribution < 1.29 is 4.42 Å². The molecule has 8 rings (SSSR count). The highest BCUT2D eigenvalue weighted by molar-refractivity contribution is 6.28. The van der Waals surface area contributed by atoms with Crippen LogP contribution in [0.2, 0.25) is 5.28 Å². The molecule has 3 heterocycles. The Morgan fingerprint density at radius 2 is 1.15 bits per heavy atom. The molecule has 0 saturated carbocycles. The maximum atomic E-state index is 6.56. The number of para-hydroxylation sites is 3. The quantitative estimate of drug-likeness (QED) is 0.232. The van der Waals surface area contributed by atoms with Gasteiger partial charge in [0.05, 0.1) is 11.0 Å². The molecule has 0 aliphatic carbocycles. The zero-order valence-electron chi connectivity index (χ0n) is 20.5. The monoisotopic (exact) mass is 522 g/mol. The predicted molar refractivity (Wildman–Crippen MR) is 157 cm³/mol. The molecule has 0 aliphatic rings. The van der Waals surface area contributed by atoms with Crippen LogP contribution in [-0.2, 0) is 0 Å². The van der Waals surface area contributed by atoms with Crippen LogP contribution in [-0.4, -0.2) is 19.5 Å². The van der Waals surface area contributed by atoms with Crippen molar-refractivity contribution in [3.63, 3.8) is 0 Å². The largest absolute Gasteiger partial charge is 0.456 e. The second kappa shape index (κ2) is 8.51. The number of nitrogens with zero attached hydrogens (tertiary/aromatic N) is 4. The molecule has 5 nitrogen and oxygen atoms in total. The number of rotatable bonds is 3. The van der Waals surface area contributed by atoms with Crippen LogP contribution in [0.3, 0.4) is 0 Å². The summed E-state index contributed by atoms with van der Waals surface area (Å²) in [5, 5.41) is 4.56. The van der Waals surface area contributed by atoms with Crippen molar-refractivity contribution >= 4 is 55.3 Å². The van der Waals surface area contributed by atoms with E-state index in [1.807, 2.05) is 71.3 Å². The first-order valence-electron chi connectivity index (χ1n) is 12.7. The number of furan rings is 1. The Balaban J connectivity index is 1.34. The minimum Gasteiger partial charge on any atom is -0.456 e. The molecule has 0 bridgehead atoms. The highest BCUT2D eigenvalue weighted by atomic mass is 35.5. The number of fused-ring (bicyclic) bond motifs is 6. The van der Waals surface area contributed by atoms with Crippen LogP contribution in [0.15, 0.2) is 120 Å². The third-order valence-corrected chi connectivity index (χ3v) is 7.40. The fraction of sp³-hybridized carbons (Fsp3) is 0. The van der Waals surface area contributed by atoms with Crippen molar-refractivity contribution in [2.45, 2.75) is 0 Å². The summed E-state index contributed by atoms with van der Waals surface area (Å²) >= 11 is 6.56. The Morgan fingerprint density at radius 1 is 0.538 bits per heavy atom. The highest BCUT2D eigenvalue weighted by Gasteiger charge is 2.18. The van der Waals surface area contributed by atoms with Crippen molar-refractivity contribution in [2.24, 2.45) is 0 Å². The Labute approximate surface area is 228 Å². The van der Waals surface area contributed by atoms with Gasteiger partial charge in [-0.25, -0.2) is 0 Å². The standard InChI is InChI=1S/C33H19ClN4O/c34-32-35-31(36-33(37-32)38-27-14-6-3-10-22(27)23-11-4-7-15-28(23)38)25-13-2-1-9-21(25)20-17-18-30-26(19-20)24-12-5-8-16-29(24)39-30/h1-19H. The molecule has 0 saturated heterocycles. The van der Waals surface area contributed by atoms with Crippen LogP contribution < -0.4 is 0 Å². The van der Waals surface area contributed by atoms with Gasteiger partial charge in [-0.15, -0.1) is 0 Å². The molecule has 8 aromatic rings. The van der Waals surface area contributed by atoms with Crippen molar-refractivity contribution in [1.29, 1.82) is 0 Å². The molecule has 184 valence electrons. The van der Waals surface area contributed by atoms with E-state index in [0.717, 1.165) is 60.4 Å². The normalized spacial score (nSPS) is 11.7. The summed E-state index contributed by atoms with van der Waals surface area (Å²) < 4.78 is 8.10. The smallest absolute Gasteiger partial charge is 0.239 e. The van der Waals surface area contributed by atoms with E-state index >= 15 is 0 Å². The van der Waals surface area contributed by atoms with E-state index in [2.05, 4.69) is 58.5 Å². The summed E-state index contributed by atoms with van der Waals surface area (Å²) in [4.78, 5) is 14.1. The van der Waals surface area contributed by atoms with E-state index in [9.17, 15) is 0 Å². The fourth-order valence-corrected chi connectivity index (χ4v) is 5.68. The first-order valence-corrected chi connectivity index (χ1v) is 13.0. The van der Waals surface area contributed by atoms with Crippen LogP contribution in [0.1, 0.15) is 0 Å². The van der Waals surface area contributed by atoms with Crippen molar-refractivity contribution in [1.82, 2.24) is 19.5 Å². The minimum absolute atomic E-state index is 0.142. The van der Waals surface area contributed by atoms with Gasteiger partial charge in [-0.2, -0.15) is 15.0 Å². The molecule has 0 aliphatic heterocycles. The number of aromatic nitrogens is 4. The molecule has 0 atom stereocenters. The first-order chi connectivity index (χ1) is 19.2. The Bertz CT molecular complexity index is 2160. The topological polar surface area (TPSA) is 56.7 Å². The van der Waals surface area contributed by atoms with Gasteiger partial charge < -0.3 is 4.42 Å². The summed E-state index contributed by atoms with van der Waals surface area (Å²) in [7, 11) is 0. The van der Waals surface area contributed by atoms with Crippen molar-refractivity contribution in [3.05, 3.63) is 121 Å². The van der Waals surface area contributed by atoms with Crippen LogP contribution >= 0.6 is 11.6 Å². The molecular weight excluding hydrogens is 504 g/mol. The molecule has 0 unspecified atom stereocenters. The molecule has 0 N–H and O–H groups in total. The van der Waals surface area contributed by atoms with Gasteiger partial charge in [-0.05, 0) is 53.1 Å². The number of halogens is 1. The Hall–Kier alpha value is -5.00. The van der Waals surface area contributed by atoms with Gasteiger partial charge in [0.15, 0.2) is 5.82 Å². The lowest BCUT2D eigenvalue weighted by atomic mass is 9.97. The molecule has 0 radical (unpaired) electrons. The zero-order chi connectivity index (χ0) is 25.9. The molecule has 0 fully saturated rings. The summed E-state index contributed by atoms with van der Waals surface area (Å²) in [6, 6.07) is 39.0. The van der Waals surface area contributed by atoms with Crippen molar-refractivity contribution in [3.8, 4) is 28.5 Å². The summed E-state index contributed by atoms with van der Waals surface area (Å²) in [5.74, 6) is 0.994. The lowest BCUT2D eigenvalue weighted by molar-refractivity contribution is 0.669. The number of hydrogen-bond donors (Lipinski definition) is 0. The second-order valence-electron chi connectivity index (χ2n) is 9.45. The minimum atomic E-state index is 0.142. The van der Waals surface area contributed by atoms with E-state index in [0.29, 0.717) is 11.8 Å². The van der Waals surface area contributed by atoms with E-state index in [1.54, 1.807) is 0 Å². The average Bonchev–Trinajstić information content (AvgIpc) is 3.52. The average molecular weight is 523 g/mol. The number of hydrogen-bond acceptors (Lipinski definition) is 4. The molecular formula is C33H19ClN4O. The van der Waals surface area contributed by atoms with E-state index < -0.39 is 0 Å². The lowest BCUT2D eigenvalue weighted by Gasteiger charge is -2.11. The van der Waals surface area contributed by atoms with E-state index in [1.165, 1.54) is 0 Å². The third-order valence-electron chi connectivity index (χ3n) is 7.23. The maximum absolute atomic E-state index is 6.56. The van der Waals surface area contributed by atoms with Gasteiger partial charge >= 0.3 is 0 Å². The molecule has 0 amide bonds. The highest BCUT2D eigenvalue weighted by Crippen LogP contribution is 2.37. The van der Waals surface area contributed by atoms with Gasteiger partial charge in [0.25, 0.3) is 0 Å². The molecule has 39 heavy (non-hydrogen) atoms. The number of benzene rings is 5.